The van der Waals surface area contributed by atoms with Crippen molar-refractivity contribution in [2.75, 3.05) is 49.6 Å². The molecule has 2 fully saturated rings. The van der Waals surface area contributed by atoms with Gasteiger partial charge in [0.25, 0.3) is 5.91 Å². The number of hydrogen-bond acceptors (Lipinski definition) is 6. The van der Waals surface area contributed by atoms with E-state index in [1.807, 2.05) is 24.3 Å². The summed E-state index contributed by atoms with van der Waals surface area (Å²) in [6.45, 7) is 5.09. The van der Waals surface area contributed by atoms with Gasteiger partial charge in [-0.25, -0.2) is 4.98 Å². The second-order valence-electron chi connectivity index (χ2n) is 9.65. The summed E-state index contributed by atoms with van der Waals surface area (Å²) in [6.07, 6.45) is 2.67. The normalized spacial score (nSPS) is 18.2. The minimum Gasteiger partial charge on any atom is -0.441 e. The molecule has 2 saturated heterocycles. The molecule has 3 aromatic rings. The van der Waals surface area contributed by atoms with Gasteiger partial charge in [-0.3, -0.25) is 19.3 Å². The maximum absolute atomic E-state index is 12.7. The monoisotopic (exact) mass is 489 g/mol. The van der Waals surface area contributed by atoms with Gasteiger partial charge in [0.2, 0.25) is 11.8 Å². The Balaban J connectivity index is 1.15. The summed E-state index contributed by atoms with van der Waals surface area (Å²) in [6, 6.07) is 12.7. The molecule has 2 aromatic carbocycles. The van der Waals surface area contributed by atoms with Gasteiger partial charge in [0.1, 0.15) is 5.52 Å². The Hall–Kier alpha value is -3.72. The number of amides is 3. The number of carbonyl (C=O) groups excluding carboxylic acids is 3. The molecule has 1 N–H and O–H groups in total. The predicted molar refractivity (Wildman–Crippen MR) is 137 cm³/mol. The summed E-state index contributed by atoms with van der Waals surface area (Å²) in [7, 11) is 1.79. The van der Waals surface area contributed by atoms with E-state index in [1.165, 1.54) is 0 Å². The van der Waals surface area contributed by atoms with Crippen LogP contribution in [-0.4, -0.2) is 67.4 Å². The van der Waals surface area contributed by atoms with Gasteiger partial charge in [-0.05, 0) is 68.4 Å². The lowest BCUT2D eigenvalue weighted by atomic mass is 10.1. The van der Waals surface area contributed by atoms with Crippen LogP contribution in [0.4, 0.5) is 11.4 Å². The Labute approximate surface area is 210 Å². The Bertz CT molecular complexity index is 1280. The zero-order valence-corrected chi connectivity index (χ0v) is 20.7. The molecule has 0 saturated carbocycles. The van der Waals surface area contributed by atoms with Crippen molar-refractivity contribution in [2.45, 2.75) is 26.2 Å². The Morgan fingerprint density at radius 3 is 2.64 bits per heavy atom. The van der Waals surface area contributed by atoms with Crippen LogP contribution in [-0.2, 0) is 9.59 Å². The standard InChI is InChI=1S/C27H31N5O4/c1-18-29-23-10-5-20(14-24(23)36-18)27(35)28-15-19-13-25(33)32(16-19)22-8-6-21(7-9-22)30(2)26(34)17-31-11-3-4-12-31/h5-10,14,19H,3-4,11-13,15-17H2,1-2H3,(H,28,35). The lowest BCUT2D eigenvalue weighted by molar-refractivity contribution is -0.119. The lowest BCUT2D eigenvalue weighted by Crippen LogP contribution is -2.37. The van der Waals surface area contributed by atoms with E-state index in [0.29, 0.717) is 48.6 Å². The third-order valence-electron chi connectivity index (χ3n) is 6.99. The van der Waals surface area contributed by atoms with Gasteiger partial charge in [-0.2, -0.15) is 0 Å². The van der Waals surface area contributed by atoms with Gasteiger partial charge in [0.15, 0.2) is 11.5 Å². The van der Waals surface area contributed by atoms with Crippen LogP contribution in [0.25, 0.3) is 11.1 Å². The Morgan fingerprint density at radius 2 is 1.89 bits per heavy atom. The number of likely N-dealkylation sites (N-methyl/N-ethyl adjacent to an activating group) is 1. The summed E-state index contributed by atoms with van der Waals surface area (Å²) in [5, 5.41) is 2.94. The highest BCUT2D eigenvalue weighted by Crippen LogP contribution is 2.27. The Kier molecular flexibility index (Phi) is 6.73. The van der Waals surface area contributed by atoms with Crippen LogP contribution in [0.2, 0.25) is 0 Å². The maximum Gasteiger partial charge on any atom is 0.251 e. The van der Waals surface area contributed by atoms with Crippen LogP contribution in [0.15, 0.2) is 46.9 Å². The van der Waals surface area contributed by atoms with Crippen LogP contribution >= 0.6 is 0 Å². The summed E-state index contributed by atoms with van der Waals surface area (Å²) in [5.74, 6) is 0.458. The molecule has 1 aromatic heterocycles. The van der Waals surface area contributed by atoms with Crippen LogP contribution in [0, 0.1) is 12.8 Å². The predicted octanol–water partition coefficient (Wildman–Crippen LogP) is 2.98. The number of fused-ring (bicyclic) bond motifs is 1. The molecule has 0 spiro atoms. The molecule has 2 aliphatic rings. The van der Waals surface area contributed by atoms with Crippen molar-refractivity contribution in [3.63, 3.8) is 0 Å². The van der Waals surface area contributed by atoms with E-state index in [-0.39, 0.29) is 23.6 Å². The highest BCUT2D eigenvalue weighted by Gasteiger charge is 2.31. The van der Waals surface area contributed by atoms with Crippen molar-refractivity contribution in [3.8, 4) is 0 Å². The number of oxazole rings is 1. The molecule has 188 valence electrons. The maximum atomic E-state index is 12.7. The molecule has 0 radical (unpaired) electrons. The van der Waals surface area contributed by atoms with Crippen molar-refractivity contribution in [1.82, 2.24) is 15.2 Å². The van der Waals surface area contributed by atoms with Gasteiger partial charge in [-0.1, -0.05) is 0 Å². The van der Waals surface area contributed by atoms with Crippen LogP contribution < -0.4 is 15.1 Å². The fraction of sp³-hybridized carbons (Fsp3) is 0.407. The SMILES string of the molecule is Cc1nc2ccc(C(=O)NCC3CC(=O)N(c4ccc(N(C)C(=O)CN5CCCC5)cc4)C3)cc2o1. The number of aryl methyl sites for hydroxylation is 1. The average Bonchev–Trinajstić information content (AvgIpc) is 3.61. The molecular formula is C27H31N5O4. The van der Waals surface area contributed by atoms with Crippen molar-refractivity contribution < 1.29 is 18.8 Å². The number of likely N-dealkylation sites (tertiary alicyclic amines) is 1. The molecule has 3 amide bonds. The molecule has 9 heteroatoms. The fourth-order valence-corrected chi connectivity index (χ4v) is 4.93. The number of hydrogen-bond donors (Lipinski definition) is 1. The van der Waals surface area contributed by atoms with E-state index in [9.17, 15) is 14.4 Å². The second kappa shape index (κ2) is 10.1. The van der Waals surface area contributed by atoms with Crippen molar-refractivity contribution in [3.05, 3.63) is 53.9 Å². The zero-order valence-electron chi connectivity index (χ0n) is 20.7. The van der Waals surface area contributed by atoms with Crippen molar-refractivity contribution in [1.29, 1.82) is 0 Å². The van der Waals surface area contributed by atoms with Gasteiger partial charge in [0.05, 0.1) is 6.54 Å². The smallest absolute Gasteiger partial charge is 0.251 e. The lowest BCUT2D eigenvalue weighted by Gasteiger charge is -2.22. The van der Waals surface area contributed by atoms with Crippen LogP contribution in [0.3, 0.4) is 0 Å². The van der Waals surface area contributed by atoms with E-state index in [2.05, 4.69) is 15.2 Å². The topological polar surface area (TPSA) is 99.0 Å². The quantitative estimate of drug-likeness (QED) is 0.548. The fourth-order valence-electron chi connectivity index (χ4n) is 4.93. The minimum absolute atomic E-state index is 0.0158. The number of anilines is 2. The first-order valence-electron chi connectivity index (χ1n) is 12.4. The molecular weight excluding hydrogens is 458 g/mol. The van der Waals surface area contributed by atoms with Gasteiger partial charge in [0, 0.05) is 56.3 Å². The first kappa shape index (κ1) is 24.0. The van der Waals surface area contributed by atoms with E-state index in [0.717, 1.165) is 37.3 Å². The molecule has 1 atom stereocenters. The summed E-state index contributed by atoms with van der Waals surface area (Å²) in [4.78, 5) is 47.8. The second-order valence-corrected chi connectivity index (χ2v) is 9.65. The average molecular weight is 490 g/mol. The zero-order chi connectivity index (χ0) is 25.2. The first-order chi connectivity index (χ1) is 17.4. The molecule has 3 heterocycles. The number of benzene rings is 2. The van der Waals surface area contributed by atoms with E-state index in [4.69, 9.17) is 4.42 Å². The molecule has 36 heavy (non-hydrogen) atoms. The number of rotatable bonds is 7. The summed E-state index contributed by atoms with van der Waals surface area (Å²) >= 11 is 0. The largest absolute Gasteiger partial charge is 0.441 e. The third kappa shape index (κ3) is 5.11. The van der Waals surface area contributed by atoms with Crippen LogP contribution in [0.1, 0.15) is 35.5 Å². The van der Waals surface area contributed by atoms with Gasteiger partial charge < -0.3 is 19.5 Å². The summed E-state index contributed by atoms with van der Waals surface area (Å²) < 4.78 is 5.51. The van der Waals surface area contributed by atoms with Crippen LogP contribution in [0.5, 0.6) is 0 Å². The van der Waals surface area contributed by atoms with E-state index >= 15 is 0 Å². The molecule has 2 aliphatic heterocycles. The highest BCUT2D eigenvalue weighted by atomic mass is 16.3. The molecule has 5 rings (SSSR count). The van der Waals surface area contributed by atoms with E-state index in [1.54, 1.807) is 42.0 Å². The van der Waals surface area contributed by atoms with Crippen molar-refractivity contribution >= 4 is 40.2 Å². The molecule has 1 unspecified atom stereocenters. The molecule has 0 aliphatic carbocycles. The minimum atomic E-state index is -0.206. The number of aromatic nitrogens is 1. The number of carbonyl (C=O) groups is 3. The first-order valence-corrected chi connectivity index (χ1v) is 12.4. The van der Waals surface area contributed by atoms with E-state index < -0.39 is 0 Å². The van der Waals surface area contributed by atoms with Gasteiger partial charge in [-0.15, -0.1) is 0 Å². The number of nitrogens with one attached hydrogen (secondary N) is 1. The third-order valence-corrected chi connectivity index (χ3v) is 6.99. The highest BCUT2D eigenvalue weighted by molar-refractivity contribution is 5.98. The summed E-state index contributed by atoms with van der Waals surface area (Å²) in [5.41, 5.74) is 3.39. The number of nitrogens with zero attached hydrogens (tertiary/aromatic N) is 4. The van der Waals surface area contributed by atoms with Crippen molar-refractivity contribution in [2.24, 2.45) is 5.92 Å². The molecule has 9 nitrogen and oxygen atoms in total. The van der Waals surface area contributed by atoms with Gasteiger partial charge >= 0.3 is 0 Å². The Morgan fingerprint density at radius 1 is 1.14 bits per heavy atom. The molecule has 0 bridgehead atoms.